The zero-order valence-electron chi connectivity index (χ0n) is 4.92. The van der Waals surface area contributed by atoms with Crippen LogP contribution in [-0.2, 0) is 0 Å². The van der Waals surface area contributed by atoms with Crippen molar-refractivity contribution in [2.24, 2.45) is 5.16 Å². The summed E-state index contributed by atoms with van der Waals surface area (Å²) in [5.74, 6) is 0. The summed E-state index contributed by atoms with van der Waals surface area (Å²) in [5, 5.41) is 19.1. The van der Waals surface area contributed by atoms with Gasteiger partial charge in [0.15, 0.2) is 0 Å². The van der Waals surface area contributed by atoms with Crippen LogP contribution in [0.5, 0.6) is 0 Å². The van der Waals surface area contributed by atoms with E-state index in [1.165, 1.54) is 0 Å². The van der Waals surface area contributed by atoms with Crippen molar-refractivity contribution in [1.82, 2.24) is 5.48 Å². The standard InChI is InChI=1S/C4H10N2O2/c1-3(5-7)4(2)6-8/h3,5,7-8H,1-2H3/b6-4+/t3-/m0/s1. The molecule has 0 unspecified atom stereocenters. The second-order valence-electron chi connectivity index (χ2n) is 1.59. The van der Waals surface area contributed by atoms with Gasteiger partial charge in [-0.25, -0.2) is 0 Å². The lowest BCUT2D eigenvalue weighted by Crippen LogP contribution is -2.29. The molecule has 0 radical (unpaired) electrons. The first-order valence-electron chi connectivity index (χ1n) is 2.30. The van der Waals surface area contributed by atoms with Crippen molar-refractivity contribution in [1.29, 1.82) is 0 Å². The molecule has 0 aliphatic heterocycles. The maximum Gasteiger partial charge on any atom is 0.0729 e. The maximum atomic E-state index is 8.19. The molecule has 0 saturated heterocycles. The normalized spacial score (nSPS) is 16.1. The van der Waals surface area contributed by atoms with Gasteiger partial charge in [0, 0.05) is 0 Å². The zero-order valence-corrected chi connectivity index (χ0v) is 4.92. The number of nitrogens with one attached hydrogen (secondary N) is 1. The highest BCUT2D eigenvalue weighted by Gasteiger charge is 2.01. The van der Waals surface area contributed by atoms with Gasteiger partial charge < -0.3 is 10.4 Å². The lowest BCUT2D eigenvalue weighted by atomic mass is 10.2. The first-order chi connectivity index (χ1) is 3.72. The number of rotatable bonds is 2. The van der Waals surface area contributed by atoms with Crippen LogP contribution in [0.15, 0.2) is 5.16 Å². The summed E-state index contributed by atoms with van der Waals surface area (Å²) in [6, 6.07) is -0.278. The maximum absolute atomic E-state index is 8.19. The molecule has 8 heavy (non-hydrogen) atoms. The average Bonchev–Trinajstić information content (AvgIpc) is 1.84. The van der Waals surface area contributed by atoms with Crippen LogP contribution in [0.1, 0.15) is 13.8 Å². The van der Waals surface area contributed by atoms with Crippen LogP contribution in [-0.4, -0.2) is 22.2 Å². The smallest absolute Gasteiger partial charge is 0.0729 e. The summed E-state index contributed by atoms with van der Waals surface area (Å²) in [7, 11) is 0. The molecule has 0 heterocycles. The van der Waals surface area contributed by atoms with Gasteiger partial charge in [0.25, 0.3) is 0 Å². The number of hydroxylamine groups is 1. The number of nitrogens with zero attached hydrogens (tertiary/aromatic N) is 1. The highest BCUT2D eigenvalue weighted by Crippen LogP contribution is 1.82. The molecule has 0 aromatic rings. The van der Waals surface area contributed by atoms with Crippen LogP contribution in [0, 0.1) is 0 Å². The lowest BCUT2D eigenvalue weighted by molar-refractivity contribution is 0.153. The van der Waals surface area contributed by atoms with Gasteiger partial charge in [0.1, 0.15) is 0 Å². The molecule has 0 saturated carbocycles. The molecule has 0 aliphatic rings. The highest BCUT2D eigenvalue weighted by atomic mass is 16.5. The van der Waals surface area contributed by atoms with Gasteiger partial charge in [0.2, 0.25) is 0 Å². The van der Waals surface area contributed by atoms with Crippen LogP contribution in [0.4, 0.5) is 0 Å². The molecular weight excluding hydrogens is 108 g/mol. The van der Waals surface area contributed by atoms with E-state index in [-0.39, 0.29) is 6.04 Å². The molecule has 0 fully saturated rings. The van der Waals surface area contributed by atoms with Crippen molar-refractivity contribution < 1.29 is 10.4 Å². The van der Waals surface area contributed by atoms with Gasteiger partial charge in [-0.1, -0.05) is 5.16 Å². The molecule has 1 atom stereocenters. The third kappa shape index (κ3) is 1.90. The van der Waals surface area contributed by atoms with Gasteiger partial charge in [0.05, 0.1) is 11.8 Å². The van der Waals surface area contributed by atoms with E-state index in [1.807, 2.05) is 5.48 Å². The van der Waals surface area contributed by atoms with E-state index in [0.29, 0.717) is 5.71 Å². The Kier molecular flexibility index (Phi) is 3.14. The Balaban J connectivity index is 3.63. The molecule has 0 amide bonds. The summed E-state index contributed by atoms with van der Waals surface area (Å²) in [6.07, 6.45) is 0. The van der Waals surface area contributed by atoms with Crippen molar-refractivity contribution in [3.63, 3.8) is 0 Å². The van der Waals surface area contributed by atoms with E-state index in [0.717, 1.165) is 0 Å². The fourth-order valence-corrected chi connectivity index (χ4v) is 0.180. The Bertz CT molecular complexity index is 92.0. The van der Waals surface area contributed by atoms with E-state index in [1.54, 1.807) is 13.8 Å². The van der Waals surface area contributed by atoms with Crippen LogP contribution in [0.3, 0.4) is 0 Å². The zero-order chi connectivity index (χ0) is 6.57. The molecule has 0 aromatic heterocycles. The first-order valence-corrected chi connectivity index (χ1v) is 2.30. The Morgan fingerprint density at radius 2 is 2.25 bits per heavy atom. The SMILES string of the molecule is C/C(=N\O)[C@H](C)NO. The topological polar surface area (TPSA) is 64.9 Å². The molecule has 0 spiro atoms. The molecule has 0 rings (SSSR count). The van der Waals surface area contributed by atoms with Gasteiger partial charge in [-0.15, -0.1) is 0 Å². The van der Waals surface area contributed by atoms with E-state index in [4.69, 9.17) is 10.4 Å². The third-order valence-electron chi connectivity index (χ3n) is 0.978. The van der Waals surface area contributed by atoms with Gasteiger partial charge in [-0.2, -0.15) is 5.48 Å². The molecule has 0 bridgehead atoms. The summed E-state index contributed by atoms with van der Waals surface area (Å²) in [6.45, 7) is 3.28. The van der Waals surface area contributed by atoms with Crippen molar-refractivity contribution >= 4 is 5.71 Å². The fraction of sp³-hybridized carbons (Fsp3) is 0.750. The summed E-state index contributed by atoms with van der Waals surface area (Å²) >= 11 is 0. The minimum absolute atomic E-state index is 0.278. The quantitative estimate of drug-likeness (QED) is 0.276. The van der Waals surface area contributed by atoms with E-state index in [9.17, 15) is 0 Å². The van der Waals surface area contributed by atoms with Crippen molar-refractivity contribution in [2.45, 2.75) is 19.9 Å². The molecule has 3 N–H and O–H groups in total. The van der Waals surface area contributed by atoms with Crippen molar-refractivity contribution in [3.8, 4) is 0 Å². The predicted octanol–water partition coefficient (Wildman–Crippen LogP) is 0.204. The summed E-state index contributed by atoms with van der Waals surface area (Å²) < 4.78 is 0. The number of hydrogen-bond donors (Lipinski definition) is 3. The number of hydrogen-bond acceptors (Lipinski definition) is 4. The van der Waals surface area contributed by atoms with Gasteiger partial charge in [-0.3, -0.25) is 0 Å². The summed E-state index contributed by atoms with van der Waals surface area (Å²) in [4.78, 5) is 0. The fourth-order valence-electron chi connectivity index (χ4n) is 0.180. The van der Waals surface area contributed by atoms with E-state index < -0.39 is 0 Å². The first kappa shape index (κ1) is 7.39. The Labute approximate surface area is 47.8 Å². The van der Waals surface area contributed by atoms with Crippen molar-refractivity contribution in [2.75, 3.05) is 0 Å². The monoisotopic (exact) mass is 118 g/mol. The summed E-state index contributed by atoms with van der Waals surface area (Å²) in [5.41, 5.74) is 2.38. The minimum Gasteiger partial charge on any atom is -0.411 e. The third-order valence-corrected chi connectivity index (χ3v) is 0.978. The van der Waals surface area contributed by atoms with E-state index in [2.05, 4.69) is 5.16 Å². The highest BCUT2D eigenvalue weighted by molar-refractivity contribution is 5.86. The van der Waals surface area contributed by atoms with Crippen molar-refractivity contribution in [3.05, 3.63) is 0 Å². The molecule has 0 aliphatic carbocycles. The molecule has 4 heteroatoms. The lowest BCUT2D eigenvalue weighted by Gasteiger charge is -2.04. The van der Waals surface area contributed by atoms with Crippen LogP contribution >= 0.6 is 0 Å². The Hall–Kier alpha value is -0.610. The van der Waals surface area contributed by atoms with Crippen LogP contribution in [0.25, 0.3) is 0 Å². The van der Waals surface area contributed by atoms with Crippen LogP contribution in [0.2, 0.25) is 0 Å². The number of oxime groups is 1. The Morgan fingerprint density at radius 1 is 1.75 bits per heavy atom. The molecule has 4 nitrogen and oxygen atoms in total. The molecule has 48 valence electrons. The minimum atomic E-state index is -0.278. The predicted molar refractivity (Wildman–Crippen MR) is 29.3 cm³/mol. The van der Waals surface area contributed by atoms with Crippen LogP contribution < -0.4 is 5.48 Å². The second kappa shape index (κ2) is 3.40. The Morgan fingerprint density at radius 3 is 2.38 bits per heavy atom. The van der Waals surface area contributed by atoms with Gasteiger partial charge in [-0.05, 0) is 13.8 Å². The average molecular weight is 118 g/mol. The molecule has 0 aromatic carbocycles. The van der Waals surface area contributed by atoms with Gasteiger partial charge >= 0.3 is 0 Å². The van der Waals surface area contributed by atoms with E-state index >= 15 is 0 Å². The second-order valence-corrected chi connectivity index (χ2v) is 1.59. The molecular formula is C4H10N2O2. The largest absolute Gasteiger partial charge is 0.411 e.